The Morgan fingerprint density at radius 1 is 1.06 bits per heavy atom. The maximum absolute atomic E-state index is 3.49. The van der Waals surface area contributed by atoms with Gasteiger partial charge in [-0.25, -0.2) is 0 Å². The van der Waals surface area contributed by atoms with E-state index in [1.165, 1.54) is 71.1 Å². The molecule has 100 valence electrons. The van der Waals surface area contributed by atoms with Crippen molar-refractivity contribution in [2.75, 3.05) is 32.7 Å². The van der Waals surface area contributed by atoms with Crippen LogP contribution in [0.3, 0.4) is 0 Å². The lowest BCUT2D eigenvalue weighted by Gasteiger charge is -2.24. The molecule has 2 nitrogen and oxygen atoms in total. The van der Waals surface area contributed by atoms with E-state index in [1.54, 1.807) is 0 Å². The summed E-state index contributed by atoms with van der Waals surface area (Å²) in [6.45, 7) is 8.63. The van der Waals surface area contributed by atoms with Crippen molar-refractivity contribution in [3.8, 4) is 0 Å². The number of likely N-dealkylation sites (tertiary alicyclic amines) is 1. The molecule has 0 spiro atoms. The van der Waals surface area contributed by atoms with Crippen molar-refractivity contribution in [3.63, 3.8) is 0 Å². The Morgan fingerprint density at radius 2 is 1.88 bits per heavy atom. The SMILES string of the molecule is CCNCC1CCN(CCC2CCCCC2)C1. The van der Waals surface area contributed by atoms with Gasteiger partial charge in [-0.3, -0.25) is 0 Å². The van der Waals surface area contributed by atoms with Crippen LogP contribution < -0.4 is 5.32 Å². The highest BCUT2D eigenvalue weighted by atomic mass is 15.1. The third-order valence-corrected chi connectivity index (χ3v) is 4.63. The van der Waals surface area contributed by atoms with Crippen molar-refractivity contribution >= 4 is 0 Å². The molecule has 2 fully saturated rings. The molecular formula is C15H30N2. The second-order valence-corrected chi connectivity index (χ2v) is 6.06. The van der Waals surface area contributed by atoms with Crippen molar-refractivity contribution in [3.05, 3.63) is 0 Å². The number of nitrogens with zero attached hydrogens (tertiary/aromatic N) is 1. The van der Waals surface area contributed by atoms with Gasteiger partial charge in [0.1, 0.15) is 0 Å². The van der Waals surface area contributed by atoms with Crippen LogP contribution in [0.5, 0.6) is 0 Å². The van der Waals surface area contributed by atoms with Gasteiger partial charge in [-0.15, -0.1) is 0 Å². The number of hydrogen-bond acceptors (Lipinski definition) is 2. The van der Waals surface area contributed by atoms with Crippen LogP contribution >= 0.6 is 0 Å². The van der Waals surface area contributed by atoms with Gasteiger partial charge >= 0.3 is 0 Å². The van der Waals surface area contributed by atoms with Crippen LogP contribution in [0.4, 0.5) is 0 Å². The summed E-state index contributed by atoms with van der Waals surface area (Å²) in [6.07, 6.45) is 10.4. The molecule has 2 heteroatoms. The Balaban J connectivity index is 1.57. The third-order valence-electron chi connectivity index (χ3n) is 4.63. The molecule has 1 saturated carbocycles. The molecule has 1 aliphatic carbocycles. The molecule has 1 saturated heterocycles. The molecule has 2 aliphatic rings. The van der Waals surface area contributed by atoms with E-state index in [9.17, 15) is 0 Å². The molecule has 0 amide bonds. The first-order valence-electron chi connectivity index (χ1n) is 7.81. The second kappa shape index (κ2) is 7.38. The highest BCUT2D eigenvalue weighted by Crippen LogP contribution is 2.27. The molecule has 17 heavy (non-hydrogen) atoms. The molecule has 0 aromatic rings. The normalized spacial score (nSPS) is 27.7. The minimum absolute atomic E-state index is 0.918. The number of hydrogen-bond donors (Lipinski definition) is 1. The van der Waals surface area contributed by atoms with E-state index in [4.69, 9.17) is 0 Å². The molecule has 2 rings (SSSR count). The first-order chi connectivity index (χ1) is 8.38. The highest BCUT2D eigenvalue weighted by molar-refractivity contribution is 4.78. The Kier molecular flexibility index (Phi) is 5.79. The number of nitrogens with one attached hydrogen (secondary N) is 1. The first-order valence-corrected chi connectivity index (χ1v) is 7.81. The predicted molar refractivity (Wildman–Crippen MR) is 74.3 cm³/mol. The van der Waals surface area contributed by atoms with E-state index in [1.807, 2.05) is 0 Å². The maximum Gasteiger partial charge on any atom is 0.00223 e. The topological polar surface area (TPSA) is 15.3 Å². The molecule has 1 unspecified atom stereocenters. The first kappa shape index (κ1) is 13.4. The Hall–Kier alpha value is -0.0800. The van der Waals surface area contributed by atoms with Crippen molar-refractivity contribution in [1.29, 1.82) is 0 Å². The summed E-state index contributed by atoms with van der Waals surface area (Å²) in [5.41, 5.74) is 0. The average Bonchev–Trinajstić information content (AvgIpc) is 2.83. The van der Waals surface area contributed by atoms with Crippen molar-refractivity contribution in [1.82, 2.24) is 10.2 Å². The maximum atomic E-state index is 3.49. The van der Waals surface area contributed by atoms with Gasteiger partial charge in [-0.05, 0) is 50.9 Å². The Bertz CT molecular complexity index is 199. The van der Waals surface area contributed by atoms with Gasteiger partial charge in [-0.1, -0.05) is 39.0 Å². The van der Waals surface area contributed by atoms with E-state index in [2.05, 4.69) is 17.1 Å². The standard InChI is InChI=1S/C15H30N2/c1-2-16-12-15-9-11-17(13-15)10-8-14-6-4-3-5-7-14/h14-16H,2-13H2,1H3. The smallest absolute Gasteiger partial charge is 0.00223 e. The monoisotopic (exact) mass is 238 g/mol. The van der Waals surface area contributed by atoms with Crippen LogP contribution in [0, 0.1) is 11.8 Å². The summed E-state index contributed by atoms with van der Waals surface area (Å²) < 4.78 is 0. The fourth-order valence-electron chi connectivity index (χ4n) is 3.47. The lowest BCUT2D eigenvalue weighted by Crippen LogP contribution is -2.28. The summed E-state index contributed by atoms with van der Waals surface area (Å²) in [7, 11) is 0. The summed E-state index contributed by atoms with van der Waals surface area (Å²) >= 11 is 0. The van der Waals surface area contributed by atoms with Crippen LogP contribution in [0.1, 0.15) is 51.9 Å². The number of rotatable bonds is 6. The molecule has 0 radical (unpaired) electrons. The van der Waals surface area contributed by atoms with Crippen LogP contribution in [0.15, 0.2) is 0 Å². The van der Waals surface area contributed by atoms with Crippen LogP contribution in [-0.4, -0.2) is 37.6 Å². The molecular weight excluding hydrogens is 208 g/mol. The summed E-state index contributed by atoms with van der Waals surface area (Å²) in [6, 6.07) is 0. The minimum atomic E-state index is 0.918. The van der Waals surface area contributed by atoms with Crippen LogP contribution in [0.25, 0.3) is 0 Å². The van der Waals surface area contributed by atoms with Gasteiger partial charge in [0, 0.05) is 6.54 Å². The summed E-state index contributed by atoms with van der Waals surface area (Å²) in [4.78, 5) is 2.70. The van der Waals surface area contributed by atoms with Gasteiger partial charge in [0.15, 0.2) is 0 Å². The zero-order chi connectivity index (χ0) is 11.9. The van der Waals surface area contributed by atoms with E-state index >= 15 is 0 Å². The van der Waals surface area contributed by atoms with Gasteiger partial charge in [-0.2, -0.15) is 0 Å². The molecule has 1 aliphatic heterocycles. The van der Waals surface area contributed by atoms with E-state index < -0.39 is 0 Å². The fraction of sp³-hybridized carbons (Fsp3) is 1.00. The third kappa shape index (κ3) is 4.59. The fourth-order valence-corrected chi connectivity index (χ4v) is 3.47. The summed E-state index contributed by atoms with van der Waals surface area (Å²) in [5.74, 6) is 1.97. The van der Waals surface area contributed by atoms with E-state index in [0.29, 0.717) is 0 Å². The predicted octanol–water partition coefficient (Wildman–Crippen LogP) is 2.89. The van der Waals surface area contributed by atoms with Crippen molar-refractivity contribution < 1.29 is 0 Å². The van der Waals surface area contributed by atoms with E-state index in [-0.39, 0.29) is 0 Å². The van der Waals surface area contributed by atoms with Crippen LogP contribution in [0.2, 0.25) is 0 Å². The van der Waals surface area contributed by atoms with Crippen molar-refractivity contribution in [2.24, 2.45) is 11.8 Å². The highest BCUT2D eigenvalue weighted by Gasteiger charge is 2.22. The van der Waals surface area contributed by atoms with Crippen molar-refractivity contribution in [2.45, 2.75) is 51.9 Å². The lowest BCUT2D eigenvalue weighted by molar-refractivity contribution is 0.259. The Labute approximate surface area is 107 Å². The zero-order valence-corrected chi connectivity index (χ0v) is 11.6. The lowest BCUT2D eigenvalue weighted by atomic mass is 9.87. The molecule has 1 heterocycles. The van der Waals surface area contributed by atoms with Gasteiger partial charge in [0.25, 0.3) is 0 Å². The van der Waals surface area contributed by atoms with Gasteiger partial charge in [0.2, 0.25) is 0 Å². The molecule has 1 N–H and O–H groups in total. The van der Waals surface area contributed by atoms with Crippen LogP contribution in [-0.2, 0) is 0 Å². The Morgan fingerprint density at radius 3 is 2.65 bits per heavy atom. The second-order valence-electron chi connectivity index (χ2n) is 6.06. The largest absolute Gasteiger partial charge is 0.317 e. The molecule has 1 atom stereocenters. The van der Waals surface area contributed by atoms with Gasteiger partial charge < -0.3 is 10.2 Å². The molecule has 0 bridgehead atoms. The quantitative estimate of drug-likeness (QED) is 0.765. The molecule has 0 aromatic carbocycles. The van der Waals surface area contributed by atoms with Gasteiger partial charge in [0.05, 0.1) is 0 Å². The average molecular weight is 238 g/mol. The molecule has 0 aromatic heterocycles. The summed E-state index contributed by atoms with van der Waals surface area (Å²) in [5, 5.41) is 3.49. The zero-order valence-electron chi connectivity index (χ0n) is 11.6. The minimum Gasteiger partial charge on any atom is -0.317 e. The van der Waals surface area contributed by atoms with E-state index in [0.717, 1.165) is 18.4 Å².